The number of nitrogens with one attached hydrogen (secondary N) is 1. The highest BCUT2D eigenvalue weighted by atomic mass is 35.5. The summed E-state index contributed by atoms with van der Waals surface area (Å²) in [5, 5.41) is 4.22. The van der Waals surface area contributed by atoms with E-state index in [1.165, 1.54) is 18.4 Å². The van der Waals surface area contributed by atoms with Gasteiger partial charge in [0.2, 0.25) is 0 Å². The van der Waals surface area contributed by atoms with Crippen LogP contribution in [0.5, 0.6) is 5.75 Å². The highest BCUT2D eigenvalue weighted by molar-refractivity contribution is 6.30. The molecule has 0 amide bonds. The molecule has 0 radical (unpaired) electrons. The topological polar surface area (TPSA) is 21.3 Å². The quantitative estimate of drug-likeness (QED) is 0.872. The molecule has 1 saturated heterocycles. The SMILES string of the molecule is CCC(C)c1cc(Cl)ccc1OCC1CCCNC1. The molecular weight excluding hydrogens is 258 g/mol. The van der Waals surface area contributed by atoms with Crippen LogP contribution in [-0.2, 0) is 0 Å². The molecule has 0 saturated carbocycles. The minimum Gasteiger partial charge on any atom is -0.493 e. The van der Waals surface area contributed by atoms with E-state index >= 15 is 0 Å². The Kier molecular flexibility index (Phi) is 5.53. The van der Waals surface area contributed by atoms with E-state index in [0.29, 0.717) is 11.8 Å². The second-order valence-electron chi connectivity index (χ2n) is 5.51. The standard InChI is InChI=1S/C16H24ClNO/c1-3-12(2)15-9-14(17)6-7-16(15)19-11-13-5-4-8-18-10-13/h6-7,9,12-13,18H,3-5,8,10-11H2,1-2H3. The maximum atomic E-state index is 6.10. The Balaban J connectivity index is 2.02. The van der Waals surface area contributed by atoms with Gasteiger partial charge >= 0.3 is 0 Å². The maximum Gasteiger partial charge on any atom is 0.122 e. The molecular formula is C16H24ClNO. The first-order valence-corrected chi connectivity index (χ1v) is 7.71. The van der Waals surface area contributed by atoms with E-state index < -0.39 is 0 Å². The van der Waals surface area contributed by atoms with Crippen LogP contribution < -0.4 is 10.1 Å². The molecule has 1 aliphatic rings. The summed E-state index contributed by atoms with van der Waals surface area (Å²) in [4.78, 5) is 0. The third kappa shape index (κ3) is 4.12. The van der Waals surface area contributed by atoms with Crippen molar-refractivity contribution in [3.05, 3.63) is 28.8 Å². The van der Waals surface area contributed by atoms with Gasteiger partial charge in [-0.15, -0.1) is 0 Å². The highest BCUT2D eigenvalue weighted by Crippen LogP contribution is 2.31. The van der Waals surface area contributed by atoms with Crippen molar-refractivity contribution in [2.45, 2.75) is 39.0 Å². The van der Waals surface area contributed by atoms with Gasteiger partial charge in [-0.2, -0.15) is 0 Å². The van der Waals surface area contributed by atoms with Gasteiger partial charge in [0.05, 0.1) is 6.61 Å². The van der Waals surface area contributed by atoms with Crippen molar-refractivity contribution in [1.29, 1.82) is 0 Å². The summed E-state index contributed by atoms with van der Waals surface area (Å²) in [5.74, 6) is 2.12. The van der Waals surface area contributed by atoms with Crippen molar-refractivity contribution in [2.24, 2.45) is 5.92 Å². The van der Waals surface area contributed by atoms with E-state index in [2.05, 4.69) is 19.2 Å². The summed E-state index contributed by atoms with van der Waals surface area (Å²) in [6.07, 6.45) is 3.62. The molecule has 2 rings (SSSR count). The summed E-state index contributed by atoms with van der Waals surface area (Å²) in [5.41, 5.74) is 1.23. The normalized spacial score (nSPS) is 21.1. The van der Waals surface area contributed by atoms with Crippen molar-refractivity contribution < 1.29 is 4.74 Å². The highest BCUT2D eigenvalue weighted by Gasteiger charge is 2.16. The Hall–Kier alpha value is -0.730. The van der Waals surface area contributed by atoms with Gasteiger partial charge in [0.15, 0.2) is 0 Å². The van der Waals surface area contributed by atoms with Crippen LogP contribution in [0.1, 0.15) is 44.6 Å². The minimum atomic E-state index is 0.484. The summed E-state index contributed by atoms with van der Waals surface area (Å²) < 4.78 is 6.06. The van der Waals surface area contributed by atoms with E-state index in [1.54, 1.807) is 0 Å². The maximum absolute atomic E-state index is 6.10. The van der Waals surface area contributed by atoms with Crippen molar-refractivity contribution in [2.75, 3.05) is 19.7 Å². The monoisotopic (exact) mass is 281 g/mol. The Labute approximate surface area is 121 Å². The third-order valence-corrected chi connectivity index (χ3v) is 4.22. The van der Waals surface area contributed by atoms with Crippen LogP contribution >= 0.6 is 11.6 Å². The van der Waals surface area contributed by atoms with E-state index in [9.17, 15) is 0 Å². The van der Waals surface area contributed by atoms with Gasteiger partial charge in [0.25, 0.3) is 0 Å². The number of benzene rings is 1. The fourth-order valence-corrected chi connectivity index (χ4v) is 2.71. The number of hydrogen-bond acceptors (Lipinski definition) is 2. The first kappa shape index (κ1) is 14.7. The van der Waals surface area contributed by atoms with Gasteiger partial charge in [0.1, 0.15) is 5.75 Å². The van der Waals surface area contributed by atoms with Gasteiger partial charge in [-0.05, 0) is 55.5 Å². The lowest BCUT2D eigenvalue weighted by molar-refractivity contribution is 0.216. The average Bonchev–Trinajstić information content (AvgIpc) is 2.46. The number of hydrogen-bond donors (Lipinski definition) is 1. The predicted molar refractivity (Wildman–Crippen MR) is 81.2 cm³/mol. The lowest BCUT2D eigenvalue weighted by Gasteiger charge is -2.24. The molecule has 19 heavy (non-hydrogen) atoms. The van der Waals surface area contributed by atoms with Crippen LogP contribution in [-0.4, -0.2) is 19.7 Å². The van der Waals surface area contributed by atoms with Gasteiger partial charge in [0, 0.05) is 17.5 Å². The zero-order valence-corrected chi connectivity index (χ0v) is 12.7. The smallest absolute Gasteiger partial charge is 0.122 e. The summed E-state index contributed by atoms with van der Waals surface area (Å²) >= 11 is 6.10. The molecule has 1 heterocycles. The average molecular weight is 282 g/mol. The molecule has 0 bridgehead atoms. The molecule has 1 aromatic carbocycles. The second kappa shape index (κ2) is 7.16. The predicted octanol–water partition coefficient (Wildman–Crippen LogP) is 4.23. The van der Waals surface area contributed by atoms with E-state index in [1.807, 2.05) is 18.2 Å². The van der Waals surface area contributed by atoms with Crippen molar-refractivity contribution >= 4 is 11.6 Å². The van der Waals surface area contributed by atoms with Crippen LogP contribution in [0.4, 0.5) is 0 Å². The molecule has 1 aromatic rings. The number of piperidine rings is 1. The van der Waals surface area contributed by atoms with Gasteiger partial charge in [-0.3, -0.25) is 0 Å². The number of rotatable bonds is 5. The Morgan fingerprint density at radius 2 is 2.32 bits per heavy atom. The van der Waals surface area contributed by atoms with Gasteiger partial charge in [-0.1, -0.05) is 25.4 Å². The van der Waals surface area contributed by atoms with Crippen molar-refractivity contribution in [1.82, 2.24) is 5.32 Å². The minimum absolute atomic E-state index is 0.484. The molecule has 1 fully saturated rings. The molecule has 1 N–H and O–H groups in total. The zero-order chi connectivity index (χ0) is 13.7. The molecule has 0 spiro atoms. The fraction of sp³-hybridized carbons (Fsp3) is 0.625. The van der Waals surface area contributed by atoms with Crippen LogP contribution in [0, 0.1) is 5.92 Å². The lowest BCUT2D eigenvalue weighted by atomic mass is 9.97. The summed E-state index contributed by atoms with van der Waals surface area (Å²) in [7, 11) is 0. The Bertz CT molecular complexity index is 402. The molecule has 2 nitrogen and oxygen atoms in total. The summed E-state index contributed by atoms with van der Waals surface area (Å²) in [6.45, 7) is 7.45. The second-order valence-corrected chi connectivity index (χ2v) is 5.95. The molecule has 106 valence electrons. The molecule has 0 aromatic heterocycles. The summed E-state index contributed by atoms with van der Waals surface area (Å²) in [6, 6.07) is 5.98. The van der Waals surface area contributed by atoms with Gasteiger partial charge in [-0.25, -0.2) is 0 Å². The molecule has 1 aliphatic heterocycles. The van der Waals surface area contributed by atoms with E-state index in [0.717, 1.165) is 36.9 Å². The van der Waals surface area contributed by atoms with Gasteiger partial charge < -0.3 is 10.1 Å². The lowest BCUT2D eigenvalue weighted by Crippen LogP contribution is -2.33. The first-order valence-electron chi connectivity index (χ1n) is 7.33. The van der Waals surface area contributed by atoms with Crippen molar-refractivity contribution in [3.8, 4) is 5.75 Å². The molecule has 2 atom stereocenters. The fourth-order valence-electron chi connectivity index (χ4n) is 2.53. The number of ether oxygens (including phenoxy) is 1. The third-order valence-electron chi connectivity index (χ3n) is 3.99. The van der Waals surface area contributed by atoms with Crippen molar-refractivity contribution in [3.63, 3.8) is 0 Å². The molecule has 0 aliphatic carbocycles. The Morgan fingerprint density at radius 3 is 3.00 bits per heavy atom. The van der Waals surface area contributed by atoms with Crippen LogP contribution in [0.3, 0.4) is 0 Å². The van der Waals surface area contributed by atoms with E-state index in [4.69, 9.17) is 16.3 Å². The zero-order valence-electron chi connectivity index (χ0n) is 11.9. The molecule has 3 heteroatoms. The van der Waals surface area contributed by atoms with Crippen LogP contribution in [0.15, 0.2) is 18.2 Å². The van der Waals surface area contributed by atoms with E-state index in [-0.39, 0.29) is 0 Å². The number of halogens is 1. The molecule has 2 unspecified atom stereocenters. The first-order chi connectivity index (χ1) is 9.20. The van der Waals surface area contributed by atoms with Crippen LogP contribution in [0.2, 0.25) is 5.02 Å². The Morgan fingerprint density at radius 1 is 1.47 bits per heavy atom. The van der Waals surface area contributed by atoms with Crippen LogP contribution in [0.25, 0.3) is 0 Å². The largest absolute Gasteiger partial charge is 0.493 e.